The summed E-state index contributed by atoms with van der Waals surface area (Å²) in [4.78, 5) is 13.5. The second-order valence-electron chi connectivity index (χ2n) is 4.51. The monoisotopic (exact) mass is 213 g/mol. The third-order valence-corrected chi connectivity index (χ3v) is 3.53. The number of nitrogens with zero attached hydrogens (tertiary/aromatic N) is 1. The van der Waals surface area contributed by atoms with Crippen molar-refractivity contribution < 1.29 is 4.79 Å². The van der Waals surface area contributed by atoms with E-state index in [2.05, 4.69) is 6.58 Å². The van der Waals surface area contributed by atoms with E-state index in [4.69, 9.17) is 11.6 Å². The van der Waals surface area contributed by atoms with Gasteiger partial charge in [0.2, 0.25) is 0 Å². The SMILES string of the molecule is C=C(Cl)C(=O)N1CC2CCCC(C2)C1. The molecule has 0 aromatic carbocycles. The summed E-state index contributed by atoms with van der Waals surface area (Å²) in [5.74, 6) is 1.35. The van der Waals surface area contributed by atoms with Crippen LogP contribution in [-0.4, -0.2) is 23.9 Å². The Hall–Kier alpha value is -0.500. The van der Waals surface area contributed by atoms with Crippen LogP contribution < -0.4 is 0 Å². The molecule has 0 radical (unpaired) electrons. The summed E-state index contributed by atoms with van der Waals surface area (Å²) >= 11 is 5.63. The van der Waals surface area contributed by atoms with Crippen molar-refractivity contribution in [1.82, 2.24) is 4.90 Å². The van der Waals surface area contributed by atoms with Gasteiger partial charge in [0, 0.05) is 13.1 Å². The first kappa shape index (κ1) is 10.0. The van der Waals surface area contributed by atoms with Crippen molar-refractivity contribution in [1.29, 1.82) is 0 Å². The molecule has 78 valence electrons. The second-order valence-corrected chi connectivity index (χ2v) is 4.97. The largest absolute Gasteiger partial charge is 0.337 e. The maximum Gasteiger partial charge on any atom is 0.264 e. The highest BCUT2D eigenvalue weighted by molar-refractivity contribution is 6.41. The summed E-state index contributed by atoms with van der Waals surface area (Å²) in [7, 11) is 0. The lowest BCUT2D eigenvalue weighted by molar-refractivity contribution is -0.130. The van der Waals surface area contributed by atoms with Gasteiger partial charge in [-0.05, 0) is 31.1 Å². The van der Waals surface area contributed by atoms with Gasteiger partial charge >= 0.3 is 0 Å². The first-order valence-electron chi connectivity index (χ1n) is 5.30. The highest BCUT2D eigenvalue weighted by Gasteiger charge is 2.32. The Morgan fingerprint density at radius 2 is 1.86 bits per heavy atom. The zero-order valence-electron chi connectivity index (χ0n) is 8.34. The average Bonchev–Trinajstić information content (AvgIpc) is 2.15. The molecule has 0 aromatic heterocycles. The van der Waals surface area contributed by atoms with Gasteiger partial charge in [-0.2, -0.15) is 0 Å². The topological polar surface area (TPSA) is 20.3 Å². The molecule has 1 aliphatic heterocycles. The lowest BCUT2D eigenvalue weighted by Crippen LogP contribution is -2.45. The fourth-order valence-corrected chi connectivity index (χ4v) is 2.89. The van der Waals surface area contributed by atoms with E-state index in [9.17, 15) is 4.79 Å². The molecule has 1 saturated carbocycles. The van der Waals surface area contributed by atoms with Crippen LogP contribution in [0.2, 0.25) is 0 Å². The Morgan fingerprint density at radius 3 is 2.36 bits per heavy atom. The lowest BCUT2D eigenvalue weighted by Gasteiger charge is -2.41. The molecule has 2 unspecified atom stereocenters. The van der Waals surface area contributed by atoms with Crippen LogP contribution in [0.1, 0.15) is 25.7 Å². The minimum absolute atomic E-state index is 0.0664. The molecule has 1 saturated heterocycles. The van der Waals surface area contributed by atoms with Crippen LogP contribution in [0.4, 0.5) is 0 Å². The average molecular weight is 214 g/mol. The molecule has 2 bridgehead atoms. The number of amides is 1. The van der Waals surface area contributed by atoms with Gasteiger partial charge < -0.3 is 4.90 Å². The summed E-state index contributed by atoms with van der Waals surface area (Å²) in [6, 6.07) is 0. The molecule has 3 heteroatoms. The normalized spacial score (nSPS) is 31.4. The fourth-order valence-electron chi connectivity index (χ4n) is 2.77. The van der Waals surface area contributed by atoms with Crippen LogP contribution in [0.25, 0.3) is 0 Å². The number of fused-ring (bicyclic) bond motifs is 2. The molecular formula is C11H16ClNO. The number of piperidine rings is 1. The van der Waals surface area contributed by atoms with Crippen LogP contribution in [-0.2, 0) is 4.79 Å². The van der Waals surface area contributed by atoms with Crippen LogP contribution in [0.5, 0.6) is 0 Å². The molecule has 2 atom stereocenters. The summed E-state index contributed by atoms with van der Waals surface area (Å²) in [5, 5.41) is 0.157. The van der Waals surface area contributed by atoms with Gasteiger partial charge in [-0.3, -0.25) is 4.79 Å². The highest BCUT2D eigenvalue weighted by Crippen LogP contribution is 2.34. The van der Waals surface area contributed by atoms with Crippen LogP contribution >= 0.6 is 11.6 Å². The predicted molar refractivity (Wildman–Crippen MR) is 57.0 cm³/mol. The smallest absolute Gasteiger partial charge is 0.264 e. The number of carbonyl (C=O) groups is 1. The minimum Gasteiger partial charge on any atom is -0.337 e. The summed E-state index contributed by atoms with van der Waals surface area (Å²) < 4.78 is 0. The van der Waals surface area contributed by atoms with Gasteiger partial charge in [0.25, 0.3) is 5.91 Å². The molecule has 2 rings (SSSR count). The number of rotatable bonds is 1. The molecule has 14 heavy (non-hydrogen) atoms. The van der Waals surface area contributed by atoms with Gasteiger partial charge in [-0.15, -0.1) is 0 Å². The molecule has 2 nitrogen and oxygen atoms in total. The van der Waals surface area contributed by atoms with Gasteiger partial charge in [0.15, 0.2) is 0 Å². The number of hydrogen-bond acceptors (Lipinski definition) is 1. The van der Waals surface area contributed by atoms with Gasteiger partial charge in [0.05, 0.1) is 5.03 Å². The van der Waals surface area contributed by atoms with Crippen molar-refractivity contribution in [3.63, 3.8) is 0 Å². The van der Waals surface area contributed by atoms with E-state index in [0.29, 0.717) is 11.8 Å². The van der Waals surface area contributed by atoms with Gasteiger partial charge in [-0.25, -0.2) is 0 Å². The van der Waals surface area contributed by atoms with Crippen molar-refractivity contribution in [2.75, 3.05) is 13.1 Å². The highest BCUT2D eigenvalue weighted by atomic mass is 35.5. The van der Waals surface area contributed by atoms with Crippen molar-refractivity contribution in [2.24, 2.45) is 11.8 Å². The number of hydrogen-bond donors (Lipinski definition) is 0. The van der Waals surface area contributed by atoms with Crippen molar-refractivity contribution in [2.45, 2.75) is 25.7 Å². The lowest BCUT2D eigenvalue weighted by atomic mass is 9.78. The minimum atomic E-state index is -0.0664. The van der Waals surface area contributed by atoms with Crippen molar-refractivity contribution in [3.05, 3.63) is 11.6 Å². The van der Waals surface area contributed by atoms with E-state index in [0.717, 1.165) is 13.1 Å². The summed E-state index contributed by atoms with van der Waals surface area (Å²) in [6.07, 6.45) is 5.18. The second kappa shape index (κ2) is 3.93. The number of likely N-dealkylation sites (tertiary alicyclic amines) is 1. The van der Waals surface area contributed by atoms with Crippen molar-refractivity contribution >= 4 is 17.5 Å². The molecule has 2 fully saturated rings. The van der Waals surface area contributed by atoms with Crippen LogP contribution in [0.15, 0.2) is 11.6 Å². The molecule has 0 aromatic rings. The predicted octanol–water partition coefficient (Wildman–Crippen LogP) is 2.39. The standard InChI is InChI=1S/C11H16ClNO/c1-8(12)11(14)13-6-9-3-2-4-10(5-9)7-13/h9-10H,1-7H2. The first-order chi connectivity index (χ1) is 6.66. The maximum absolute atomic E-state index is 11.6. The van der Waals surface area contributed by atoms with Crippen LogP contribution in [0.3, 0.4) is 0 Å². The molecule has 1 heterocycles. The Bertz CT molecular complexity index is 252. The van der Waals surface area contributed by atoms with E-state index in [-0.39, 0.29) is 10.9 Å². The van der Waals surface area contributed by atoms with Crippen molar-refractivity contribution in [3.8, 4) is 0 Å². The first-order valence-corrected chi connectivity index (χ1v) is 5.68. The maximum atomic E-state index is 11.6. The molecular weight excluding hydrogens is 198 g/mol. The van der Waals surface area contributed by atoms with E-state index in [1.807, 2.05) is 4.90 Å². The molecule has 0 spiro atoms. The zero-order chi connectivity index (χ0) is 10.1. The molecule has 2 aliphatic rings. The van der Waals surface area contributed by atoms with Crippen LogP contribution in [0, 0.1) is 11.8 Å². The van der Waals surface area contributed by atoms with E-state index in [1.165, 1.54) is 25.7 Å². The summed E-state index contributed by atoms with van der Waals surface area (Å²) in [6.45, 7) is 5.28. The van der Waals surface area contributed by atoms with Gasteiger partial charge in [0.1, 0.15) is 0 Å². The molecule has 1 aliphatic carbocycles. The third-order valence-electron chi connectivity index (χ3n) is 3.37. The quantitative estimate of drug-likeness (QED) is 0.613. The van der Waals surface area contributed by atoms with Gasteiger partial charge in [-0.1, -0.05) is 24.6 Å². The third kappa shape index (κ3) is 1.95. The summed E-state index contributed by atoms with van der Waals surface area (Å²) in [5.41, 5.74) is 0. The zero-order valence-corrected chi connectivity index (χ0v) is 9.09. The molecule has 0 N–H and O–H groups in total. The fraction of sp³-hybridized carbons (Fsp3) is 0.727. The number of carbonyl (C=O) groups excluding carboxylic acids is 1. The van der Waals surface area contributed by atoms with E-state index in [1.54, 1.807) is 0 Å². The Kier molecular flexibility index (Phi) is 2.82. The Balaban J connectivity index is 2.02. The number of halogens is 1. The Labute approximate surface area is 89.9 Å². The molecule has 1 amide bonds. The van der Waals surface area contributed by atoms with E-state index >= 15 is 0 Å². The van der Waals surface area contributed by atoms with E-state index < -0.39 is 0 Å². The Morgan fingerprint density at radius 1 is 1.29 bits per heavy atom.